The second-order valence-corrected chi connectivity index (χ2v) is 9.49. The number of amides is 2. The molecular formula is C29H32N4O4. The van der Waals surface area contributed by atoms with Gasteiger partial charge in [0.25, 0.3) is 11.8 Å². The number of hydrogen-bond donors (Lipinski definition) is 2. The van der Waals surface area contributed by atoms with Crippen LogP contribution < -0.4 is 15.5 Å². The number of hydrogen-bond acceptors (Lipinski definition) is 7. The summed E-state index contributed by atoms with van der Waals surface area (Å²) in [5.41, 5.74) is 4.12. The van der Waals surface area contributed by atoms with Gasteiger partial charge in [0, 0.05) is 67.1 Å². The standard InChI is InChI=1S/C29H32N4O4/c1-32-13-15-33(16-14-32)23-10-8-22(9-11-23)30-20-26-25-19-21(7-12-24(25)28(34)31-29(26)35)5-4-18-37-27-6-2-3-17-36-27/h7-12,19-20,27,30H,2-3,6,13-18H2,1H3,(H,31,34,35). The molecule has 1 unspecified atom stereocenters. The predicted octanol–water partition coefficient (Wildman–Crippen LogP) is 3.06. The topological polar surface area (TPSA) is 83.1 Å². The summed E-state index contributed by atoms with van der Waals surface area (Å²) in [5, 5.41) is 5.63. The van der Waals surface area contributed by atoms with Gasteiger partial charge >= 0.3 is 0 Å². The Morgan fingerprint density at radius 2 is 1.86 bits per heavy atom. The lowest BCUT2D eigenvalue weighted by Gasteiger charge is -2.34. The summed E-state index contributed by atoms with van der Waals surface area (Å²) in [6.45, 7) is 5.09. The molecule has 8 nitrogen and oxygen atoms in total. The largest absolute Gasteiger partial charge is 0.369 e. The number of carbonyl (C=O) groups excluding carboxylic acids is 2. The molecule has 2 amide bonds. The van der Waals surface area contributed by atoms with E-state index in [9.17, 15) is 9.59 Å². The highest BCUT2D eigenvalue weighted by Gasteiger charge is 2.27. The van der Waals surface area contributed by atoms with Gasteiger partial charge in [0.1, 0.15) is 6.61 Å². The summed E-state index contributed by atoms with van der Waals surface area (Å²) in [7, 11) is 2.14. The van der Waals surface area contributed by atoms with E-state index in [4.69, 9.17) is 9.47 Å². The Kier molecular flexibility index (Phi) is 7.85. The Morgan fingerprint density at radius 1 is 1.05 bits per heavy atom. The number of nitrogens with one attached hydrogen (secondary N) is 2. The summed E-state index contributed by atoms with van der Waals surface area (Å²) < 4.78 is 11.2. The highest BCUT2D eigenvalue weighted by molar-refractivity contribution is 6.31. The van der Waals surface area contributed by atoms with E-state index in [1.807, 2.05) is 12.1 Å². The van der Waals surface area contributed by atoms with Crippen LogP contribution in [0.3, 0.4) is 0 Å². The fraction of sp³-hybridized carbons (Fsp3) is 0.379. The molecule has 5 rings (SSSR count). The number of rotatable bonds is 5. The molecule has 37 heavy (non-hydrogen) atoms. The van der Waals surface area contributed by atoms with Crippen LogP contribution in [0.15, 0.2) is 48.7 Å². The van der Waals surface area contributed by atoms with Gasteiger partial charge in [-0.05, 0) is 68.8 Å². The minimum absolute atomic E-state index is 0.191. The van der Waals surface area contributed by atoms with E-state index in [0.717, 1.165) is 57.7 Å². The lowest BCUT2D eigenvalue weighted by atomic mass is 9.93. The maximum atomic E-state index is 12.7. The average molecular weight is 501 g/mol. The van der Waals surface area contributed by atoms with Crippen LogP contribution in [0.2, 0.25) is 0 Å². The predicted molar refractivity (Wildman–Crippen MR) is 143 cm³/mol. The quantitative estimate of drug-likeness (QED) is 0.371. The summed E-state index contributed by atoms with van der Waals surface area (Å²) in [4.78, 5) is 29.8. The molecule has 2 aromatic rings. The highest BCUT2D eigenvalue weighted by Crippen LogP contribution is 2.26. The van der Waals surface area contributed by atoms with Crippen LogP contribution in [0.5, 0.6) is 0 Å². The summed E-state index contributed by atoms with van der Waals surface area (Å²) >= 11 is 0. The number of nitrogens with zero attached hydrogens (tertiary/aromatic N) is 2. The number of ether oxygens (including phenoxy) is 2. The smallest absolute Gasteiger partial charge is 0.260 e. The third-order valence-corrected chi connectivity index (χ3v) is 6.86. The summed E-state index contributed by atoms with van der Waals surface area (Å²) in [5.74, 6) is 5.22. The van der Waals surface area contributed by atoms with Gasteiger partial charge < -0.3 is 24.6 Å². The minimum Gasteiger partial charge on any atom is -0.369 e. The second-order valence-electron chi connectivity index (χ2n) is 9.49. The second kappa shape index (κ2) is 11.6. The first-order chi connectivity index (χ1) is 18.1. The molecule has 192 valence electrons. The van der Waals surface area contributed by atoms with Crippen LogP contribution in [0.4, 0.5) is 11.4 Å². The van der Waals surface area contributed by atoms with Crippen molar-refractivity contribution in [3.63, 3.8) is 0 Å². The number of piperazine rings is 1. The molecule has 3 heterocycles. The van der Waals surface area contributed by atoms with Crippen molar-refractivity contribution in [1.82, 2.24) is 10.2 Å². The van der Waals surface area contributed by atoms with Crippen LogP contribution in [-0.2, 0) is 14.3 Å². The minimum atomic E-state index is -0.443. The van der Waals surface area contributed by atoms with Crippen molar-refractivity contribution in [1.29, 1.82) is 0 Å². The molecule has 0 aromatic heterocycles. The van der Waals surface area contributed by atoms with Crippen LogP contribution in [-0.4, -0.2) is 69.4 Å². The van der Waals surface area contributed by atoms with E-state index in [0.29, 0.717) is 22.3 Å². The molecule has 0 bridgehead atoms. The Balaban J connectivity index is 1.28. The molecule has 0 radical (unpaired) electrons. The monoisotopic (exact) mass is 500 g/mol. The van der Waals surface area contributed by atoms with Crippen molar-refractivity contribution in [3.05, 3.63) is 65.4 Å². The maximum absolute atomic E-state index is 12.7. The molecule has 0 aliphatic carbocycles. The normalized spacial score (nSPS) is 21.2. The molecule has 3 aliphatic rings. The molecule has 3 aliphatic heterocycles. The first-order valence-electron chi connectivity index (χ1n) is 12.8. The SMILES string of the molecule is CN1CCN(c2ccc(NC=C3C(=O)NC(=O)c4ccc(C#CCOC5CCCCO5)cc43)cc2)CC1. The zero-order valence-corrected chi connectivity index (χ0v) is 21.1. The molecule has 2 aromatic carbocycles. The average Bonchev–Trinajstić information content (AvgIpc) is 2.92. The number of likely N-dealkylation sites (N-methyl/N-ethyl adjacent to an activating group) is 1. The Bertz CT molecular complexity index is 1230. The van der Waals surface area contributed by atoms with Crippen LogP contribution in [0, 0.1) is 11.8 Å². The summed E-state index contributed by atoms with van der Waals surface area (Å²) in [6.07, 6.45) is 4.51. The zero-order valence-electron chi connectivity index (χ0n) is 21.1. The fourth-order valence-electron chi connectivity index (χ4n) is 4.65. The molecule has 1 atom stereocenters. The Labute approximate surface area is 217 Å². The Hall–Kier alpha value is -3.64. The zero-order chi connectivity index (χ0) is 25.6. The number of benzene rings is 2. The van der Waals surface area contributed by atoms with Gasteiger partial charge in [-0.1, -0.05) is 11.8 Å². The van der Waals surface area contributed by atoms with Gasteiger partial charge in [0.2, 0.25) is 0 Å². The summed E-state index contributed by atoms with van der Waals surface area (Å²) in [6, 6.07) is 13.4. The van der Waals surface area contributed by atoms with E-state index in [1.54, 1.807) is 24.4 Å². The van der Waals surface area contributed by atoms with Gasteiger partial charge in [-0.25, -0.2) is 0 Å². The molecule has 2 saturated heterocycles. The Morgan fingerprint density at radius 3 is 2.62 bits per heavy atom. The van der Waals surface area contributed by atoms with Crippen LogP contribution in [0.25, 0.3) is 5.57 Å². The van der Waals surface area contributed by atoms with Crippen LogP contribution >= 0.6 is 0 Å². The van der Waals surface area contributed by atoms with Gasteiger partial charge in [-0.2, -0.15) is 0 Å². The molecule has 2 fully saturated rings. The van der Waals surface area contributed by atoms with Crippen molar-refractivity contribution in [2.45, 2.75) is 25.6 Å². The number of carbonyl (C=O) groups is 2. The number of fused-ring (bicyclic) bond motifs is 1. The molecule has 0 saturated carbocycles. The van der Waals surface area contributed by atoms with Crippen molar-refractivity contribution < 1.29 is 19.1 Å². The van der Waals surface area contributed by atoms with E-state index in [2.05, 4.69) is 51.5 Å². The third kappa shape index (κ3) is 6.20. The molecular weight excluding hydrogens is 468 g/mol. The molecule has 2 N–H and O–H groups in total. The van der Waals surface area contributed by atoms with Crippen molar-refractivity contribution in [2.24, 2.45) is 0 Å². The van der Waals surface area contributed by atoms with Gasteiger partial charge in [-0.15, -0.1) is 0 Å². The van der Waals surface area contributed by atoms with Crippen molar-refractivity contribution in [2.75, 3.05) is 56.7 Å². The van der Waals surface area contributed by atoms with Crippen molar-refractivity contribution >= 4 is 28.8 Å². The van der Waals surface area contributed by atoms with Crippen LogP contribution in [0.1, 0.15) is 40.7 Å². The molecule has 0 spiro atoms. The van der Waals surface area contributed by atoms with E-state index in [-0.39, 0.29) is 12.9 Å². The first-order valence-corrected chi connectivity index (χ1v) is 12.8. The first kappa shape index (κ1) is 25.0. The molecule has 8 heteroatoms. The highest BCUT2D eigenvalue weighted by atomic mass is 16.7. The lowest BCUT2D eigenvalue weighted by Crippen LogP contribution is -2.44. The third-order valence-electron chi connectivity index (χ3n) is 6.86. The van der Waals surface area contributed by atoms with Crippen molar-refractivity contribution in [3.8, 4) is 11.8 Å². The fourth-order valence-corrected chi connectivity index (χ4v) is 4.65. The van der Waals surface area contributed by atoms with Gasteiger partial charge in [0.15, 0.2) is 6.29 Å². The van der Waals surface area contributed by atoms with Gasteiger partial charge in [-0.3, -0.25) is 14.9 Å². The van der Waals surface area contributed by atoms with E-state index < -0.39 is 11.8 Å². The number of imide groups is 1. The number of anilines is 2. The van der Waals surface area contributed by atoms with E-state index >= 15 is 0 Å². The maximum Gasteiger partial charge on any atom is 0.260 e. The van der Waals surface area contributed by atoms with Gasteiger partial charge in [0.05, 0.1) is 5.57 Å². The van der Waals surface area contributed by atoms with E-state index in [1.165, 1.54) is 5.69 Å². The lowest BCUT2D eigenvalue weighted by molar-refractivity contribution is -0.154.